The highest BCUT2D eigenvalue weighted by Gasteiger charge is 2.22. The van der Waals surface area contributed by atoms with E-state index in [1.54, 1.807) is 35.8 Å². The first-order chi connectivity index (χ1) is 16.7. The van der Waals surface area contributed by atoms with Crippen molar-refractivity contribution in [2.45, 2.75) is 39.1 Å². The summed E-state index contributed by atoms with van der Waals surface area (Å²) in [5.41, 5.74) is 1.19. The van der Waals surface area contributed by atoms with Crippen molar-refractivity contribution in [3.63, 3.8) is 0 Å². The molecular formula is C23H24Cl2N4O4S2. The molecule has 1 N–H and O–H groups in total. The second-order valence-electron chi connectivity index (χ2n) is 7.21. The number of allylic oxidation sites excluding steroid dienone is 1. The van der Waals surface area contributed by atoms with E-state index in [0.717, 1.165) is 10.4 Å². The van der Waals surface area contributed by atoms with Crippen molar-refractivity contribution < 1.29 is 19.1 Å². The van der Waals surface area contributed by atoms with Gasteiger partial charge in [-0.1, -0.05) is 41.0 Å². The first-order valence-corrected chi connectivity index (χ1v) is 13.1. The minimum atomic E-state index is -0.451. The lowest BCUT2D eigenvalue weighted by Gasteiger charge is -2.10. The van der Waals surface area contributed by atoms with Crippen molar-refractivity contribution in [2.24, 2.45) is 0 Å². The van der Waals surface area contributed by atoms with Crippen LogP contribution in [0.4, 0.5) is 5.00 Å². The van der Waals surface area contributed by atoms with Gasteiger partial charge in [-0.15, -0.1) is 28.1 Å². The minimum Gasteiger partial charge on any atom is -0.484 e. The van der Waals surface area contributed by atoms with Gasteiger partial charge in [-0.05, 0) is 38.5 Å². The third kappa shape index (κ3) is 6.78. The number of carbonyl (C=O) groups is 2. The Morgan fingerprint density at radius 2 is 2.06 bits per heavy atom. The Bertz CT molecular complexity index is 1240. The molecule has 0 saturated carbocycles. The van der Waals surface area contributed by atoms with E-state index in [2.05, 4.69) is 22.1 Å². The lowest BCUT2D eigenvalue weighted by Crippen LogP contribution is -2.17. The van der Waals surface area contributed by atoms with Gasteiger partial charge < -0.3 is 14.8 Å². The molecule has 0 bridgehead atoms. The predicted molar refractivity (Wildman–Crippen MR) is 140 cm³/mol. The molecule has 0 aliphatic heterocycles. The molecule has 0 unspecified atom stereocenters. The molecule has 3 aromatic rings. The smallest absolute Gasteiger partial charge is 0.341 e. The number of nitrogens with zero attached hydrogens (tertiary/aromatic N) is 3. The molecule has 0 spiro atoms. The maximum Gasteiger partial charge on any atom is 0.341 e. The molecule has 0 aliphatic carbocycles. The molecule has 0 saturated heterocycles. The van der Waals surface area contributed by atoms with Crippen LogP contribution >= 0.6 is 46.3 Å². The number of aromatic nitrogens is 3. The normalized spacial score (nSPS) is 10.8. The van der Waals surface area contributed by atoms with Crippen molar-refractivity contribution in [3.05, 3.63) is 62.7 Å². The third-order valence-corrected chi connectivity index (χ3v) is 7.44. The highest BCUT2D eigenvalue weighted by atomic mass is 35.5. The molecule has 3 rings (SSSR count). The molecule has 35 heavy (non-hydrogen) atoms. The van der Waals surface area contributed by atoms with Gasteiger partial charge in [0, 0.05) is 22.5 Å². The molecule has 2 aromatic heterocycles. The largest absolute Gasteiger partial charge is 0.484 e. The first-order valence-electron chi connectivity index (χ1n) is 10.6. The number of hydrogen-bond donors (Lipinski definition) is 1. The topological polar surface area (TPSA) is 95.3 Å². The van der Waals surface area contributed by atoms with Crippen LogP contribution in [0.1, 0.15) is 33.5 Å². The highest BCUT2D eigenvalue weighted by molar-refractivity contribution is 7.99. The average Bonchev–Trinajstić information content (AvgIpc) is 3.32. The number of hydrogen-bond acceptors (Lipinski definition) is 8. The van der Waals surface area contributed by atoms with Crippen molar-refractivity contribution in [1.82, 2.24) is 14.8 Å². The number of benzene rings is 1. The molecule has 186 valence electrons. The number of esters is 1. The Hall–Kier alpha value is -2.53. The summed E-state index contributed by atoms with van der Waals surface area (Å²) in [6, 6.07) is 4.94. The van der Waals surface area contributed by atoms with Gasteiger partial charge >= 0.3 is 5.97 Å². The number of carbonyl (C=O) groups excluding carboxylic acids is 2. The fourth-order valence-electron chi connectivity index (χ4n) is 3.03. The quantitative estimate of drug-likeness (QED) is 0.178. The van der Waals surface area contributed by atoms with E-state index in [9.17, 15) is 9.59 Å². The first kappa shape index (κ1) is 27.1. The number of ether oxygens (including phenoxy) is 2. The fourth-order valence-corrected chi connectivity index (χ4v) is 5.20. The standard InChI is InChI=1S/C23H24Cl2N4O4S2/c1-5-9-29-18(11-33-17-10-15(24)7-8-16(17)25)27-28-23(29)34-12-19(30)26-21-20(22(31)32-6-2)13(3)14(4)35-21/h5,7-8,10H,1,6,9,11-12H2,2-4H3,(H,26,30). The molecule has 0 radical (unpaired) electrons. The molecular weight excluding hydrogens is 531 g/mol. The van der Waals surface area contributed by atoms with Crippen LogP contribution in [0.3, 0.4) is 0 Å². The summed E-state index contributed by atoms with van der Waals surface area (Å²) in [6.45, 7) is 10.0. The molecule has 0 fully saturated rings. The maximum atomic E-state index is 12.7. The number of thiophene rings is 1. The van der Waals surface area contributed by atoms with Gasteiger partial charge in [0.1, 0.15) is 17.4 Å². The summed E-state index contributed by atoms with van der Waals surface area (Å²) >= 11 is 14.7. The van der Waals surface area contributed by atoms with Crippen LogP contribution in [-0.2, 0) is 22.7 Å². The van der Waals surface area contributed by atoms with Crippen molar-refractivity contribution >= 4 is 63.2 Å². The molecule has 1 amide bonds. The highest BCUT2D eigenvalue weighted by Crippen LogP contribution is 2.33. The molecule has 12 heteroatoms. The summed E-state index contributed by atoms with van der Waals surface area (Å²) < 4.78 is 12.7. The monoisotopic (exact) mass is 554 g/mol. The van der Waals surface area contributed by atoms with E-state index in [1.165, 1.54) is 23.1 Å². The zero-order valence-electron chi connectivity index (χ0n) is 19.4. The molecule has 1 aromatic carbocycles. The van der Waals surface area contributed by atoms with E-state index in [4.69, 9.17) is 32.7 Å². The van der Waals surface area contributed by atoms with Crippen LogP contribution in [0.5, 0.6) is 5.75 Å². The zero-order valence-corrected chi connectivity index (χ0v) is 22.5. The number of rotatable bonds is 11. The average molecular weight is 556 g/mol. The number of anilines is 1. The van der Waals surface area contributed by atoms with Crippen LogP contribution in [-0.4, -0.2) is 39.0 Å². The van der Waals surface area contributed by atoms with Crippen molar-refractivity contribution in [1.29, 1.82) is 0 Å². The fraction of sp³-hybridized carbons (Fsp3) is 0.304. The van der Waals surface area contributed by atoms with Gasteiger partial charge in [-0.25, -0.2) is 4.79 Å². The van der Waals surface area contributed by atoms with E-state index < -0.39 is 5.97 Å². The number of halogens is 2. The second kappa shape index (κ2) is 12.4. The summed E-state index contributed by atoms with van der Waals surface area (Å²) in [6.07, 6.45) is 1.70. The van der Waals surface area contributed by atoms with Gasteiger partial charge in [0.05, 0.1) is 22.9 Å². The van der Waals surface area contributed by atoms with E-state index in [0.29, 0.717) is 43.9 Å². The lowest BCUT2D eigenvalue weighted by atomic mass is 10.1. The van der Waals surface area contributed by atoms with Gasteiger partial charge in [0.15, 0.2) is 11.0 Å². The van der Waals surface area contributed by atoms with Gasteiger partial charge in [0.25, 0.3) is 0 Å². The van der Waals surface area contributed by atoms with Crippen LogP contribution in [0.15, 0.2) is 36.0 Å². The number of nitrogens with one attached hydrogen (secondary N) is 1. The van der Waals surface area contributed by atoms with Gasteiger partial charge in [0.2, 0.25) is 5.91 Å². The summed E-state index contributed by atoms with van der Waals surface area (Å²) in [5, 5.41) is 13.1. The Kier molecular flexibility index (Phi) is 9.62. The SMILES string of the molecule is C=CCn1c(COc2cc(Cl)ccc2Cl)nnc1SCC(=O)Nc1sc(C)c(C)c1C(=O)OCC. The predicted octanol–water partition coefficient (Wildman–Crippen LogP) is 5.94. The van der Waals surface area contributed by atoms with Crippen molar-refractivity contribution in [3.8, 4) is 5.75 Å². The van der Waals surface area contributed by atoms with Gasteiger partial charge in [-0.3, -0.25) is 9.36 Å². The van der Waals surface area contributed by atoms with E-state index >= 15 is 0 Å². The van der Waals surface area contributed by atoms with Crippen LogP contribution in [0.2, 0.25) is 10.0 Å². The number of amides is 1. The molecule has 0 atom stereocenters. The molecule has 2 heterocycles. The summed E-state index contributed by atoms with van der Waals surface area (Å²) in [5.74, 6) is 0.304. The minimum absolute atomic E-state index is 0.0640. The molecule has 0 aliphatic rings. The Labute approximate surface area is 221 Å². The Balaban J connectivity index is 1.68. The Morgan fingerprint density at radius 1 is 1.29 bits per heavy atom. The number of aryl methyl sites for hydroxylation is 1. The van der Waals surface area contributed by atoms with Crippen molar-refractivity contribution in [2.75, 3.05) is 17.7 Å². The van der Waals surface area contributed by atoms with Crippen LogP contribution < -0.4 is 10.1 Å². The number of thioether (sulfide) groups is 1. The van der Waals surface area contributed by atoms with E-state index in [-0.39, 0.29) is 24.9 Å². The van der Waals surface area contributed by atoms with E-state index in [1.807, 2.05) is 13.8 Å². The Morgan fingerprint density at radius 3 is 2.77 bits per heavy atom. The molecule has 8 nitrogen and oxygen atoms in total. The third-order valence-electron chi connectivity index (χ3n) is 4.81. The summed E-state index contributed by atoms with van der Waals surface area (Å²) in [4.78, 5) is 26.0. The summed E-state index contributed by atoms with van der Waals surface area (Å²) in [7, 11) is 0. The lowest BCUT2D eigenvalue weighted by molar-refractivity contribution is -0.113. The van der Waals surface area contributed by atoms with Crippen LogP contribution in [0, 0.1) is 13.8 Å². The van der Waals surface area contributed by atoms with Crippen LogP contribution in [0.25, 0.3) is 0 Å². The maximum absolute atomic E-state index is 12.7. The second-order valence-corrected chi connectivity index (χ2v) is 10.2. The zero-order chi connectivity index (χ0) is 25.5. The van der Waals surface area contributed by atoms with Gasteiger partial charge in [-0.2, -0.15) is 0 Å².